The van der Waals surface area contributed by atoms with Crippen molar-refractivity contribution in [1.29, 1.82) is 0 Å². The maximum absolute atomic E-state index is 12.5. The van der Waals surface area contributed by atoms with E-state index in [0.717, 1.165) is 0 Å². The van der Waals surface area contributed by atoms with Crippen LogP contribution in [-0.4, -0.2) is 11.0 Å². The molecule has 0 aliphatic carbocycles. The van der Waals surface area contributed by atoms with Gasteiger partial charge >= 0.3 is 12.0 Å². The zero-order chi connectivity index (χ0) is 8.77. The molecule has 0 amide bonds. The fourth-order valence-corrected chi connectivity index (χ4v) is 1.14. The Morgan fingerprint density at radius 2 is 2.17 bits per heavy atom. The number of ether oxygens (including phenoxy) is 2. The number of benzene rings is 1. The van der Waals surface area contributed by atoms with Crippen molar-refractivity contribution < 1.29 is 18.3 Å². The molecule has 0 aromatic heterocycles. The van der Waals surface area contributed by atoms with E-state index in [1.54, 1.807) is 19.1 Å². The standard InChI is InChI=1S/C8H6F2O2/c1-5-3-2-4-6-7(5)12-8(9,10)11-6/h2-4H,1H3/p+1. The SMILES string of the molecule is Cc1cccc2c1[OH+]C(F)(F)O2. The predicted octanol–water partition coefficient (Wildman–Crippen LogP) is 2.18. The zero-order valence-corrected chi connectivity index (χ0v) is 6.34. The number of fused-ring (bicyclic) bond motifs is 1. The van der Waals surface area contributed by atoms with E-state index < -0.39 is 6.29 Å². The van der Waals surface area contributed by atoms with Gasteiger partial charge in [-0.15, -0.1) is 0 Å². The highest BCUT2D eigenvalue weighted by molar-refractivity contribution is 5.47. The van der Waals surface area contributed by atoms with Crippen molar-refractivity contribution in [3.05, 3.63) is 23.8 Å². The molecule has 2 nitrogen and oxygen atoms in total. The van der Waals surface area contributed by atoms with E-state index in [9.17, 15) is 8.78 Å². The van der Waals surface area contributed by atoms with E-state index in [2.05, 4.69) is 9.47 Å². The molecule has 0 fully saturated rings. The Bertz CT molecular complexity index is 323. The fourth-order valence-electron chi connectivity index (χ4n) is 1.14. The molecule has 2 rings (SSSR count). The molecule has 1 aliphatic heterocycles. The molecule has 1 aromatic rings. The lowest BCUT2D eigenvalue weighted by Crippen LogP contribution is -2.23. The Hall–Kier alpha value is -1.32. The van der Waals surface area contributed by atoms with Gasteiger partial charge in [0.25, 0.3) is 0 Å². The third kappa shape index (κ3) is 0.995. The maximum atomic E-state index is 12.5. The summed E-state index contributed by atoms with van der Waals surface area (Å²) in [5.41, 5.74) is 0.699. The number of aromatic hydroxyl groups is 1. The van der Waals surface area contributed by atoms with Crippen molar-refractivity contribution in [3.63, 3.8) is 0 Å². The molecule has 0 bridgehead atoms. The number of aryl methyl sites for hydroxylation is 1. The molecule has 0 unspecified atom stereocenters. The van der Waals surface area contributed by atoms with E-state index in [4.69, 9.17) is 0 Å². The number of rotatable bonds is 0. The first-order valence-electron chi connectivity index (χ1n) is 3.48. The summed E-state index contributed by atoms with van der Waals surface area (Å²) in [6.45, 7) is 1.72. The van der Waals surface area contributed by atoms with Crippen LogP contribution >= 0.6 is 0 Å². The second-order valence-corrected chi connectivity index (χ2v) is 2.62. The first-order valence-corrected chi connectivity index (χ1v) is 3.48. The van der Waals surface area contributed by atoms with Gasteiger partial charge in [-0.25, -0.2) is 0 Å². The molecule has 0 spiro atoms. The van der Waals surface area contributed by atoms with Gasteiger partial charge in [0.05, 0.1) is 0 Å². The Kier molecular flexibility index (Phi) is 1.28. The van der Waals surface area contributed by atoms with E-state index in [1.807, 2.05) is 0 Å². The van der Waals surface area contributed by atoms with E-state index >= 15 is 0 Å². The maximum Gasteiger partial charge on any atom is 0.706 e. The summed E-state index contributed by atoms with van der Waals surface area (Å²) in [4.78, 5) is 0. The molecule has 0 saturated carbocycles. The highest BCUT2D eigenvalue weighted by Gasteiger charge is 2.50. The van der Waals surface area contributed by atoms with Gasteiger partial charge in [0.2, 0.25) is 5.75 Å². The average Bonchev–Trinajstić information content (AvgIpc) is 2.25. The second-order valence-electron chi connectivity index (χ2n) is 2.62. The van der Waals surface area contributed by atoms with Gasteiger partial charge in [0.1, 0.15) is 0 Å². The summed E-state index contributed by atoms with van der Waals surface area (Å²) >= 11 is 0. The van der Waals surface area contributed by atoms with Gasteiger partial charge in [-0.2, -0.15) is 0 Å². The summed E-state index contributed by atoms with van der Waals surface area (Å²) in [7, 11) is 0. The molecule has 4 heteroatoms. The van der Waals surface area contributed by atoms with Crippen molar-refractivity contribution in [2.75, 3.05) is 0 Å². The number of aliphatic hydroxyl groups is 1. The largest absolute Gasteiger partial charge is 0.706 e. The minimum atomic E-state index is -3.38. The Morgan fingerprint density at radius 1 is 1.42 bits per heavy atom. The van der Waals surface area contributed by atoms with Crippen LogP contribution in [0.3, 0.4) is 0 Å². The van der Waals surface area contributed by atoms with E-state index in [0.29, 0.717) is 5.56 Å². The van der Waals surface area contributed by atoms with Crippen LogP contribution in [0.15, 0.2) is 18.2 Å². The highest BCUT2D eigenvalue weighted by Crippen LogP contribution is 2.43. The lowest BCUT2D eigenvalue weighted by molar-refractivity contribution is -0.372. The normalized spacial score (nSPS) is 17.9. The van der Waals surface area contributed by atoms with E-state index in [-0.39, 0.29) is 11.5 Å². The van der Waals surface area contributed by atoms with Crippen molar-refractivity contribution >= 4 is 0 Å². The predicted molar refractivity (Wildman–Crippen MR) is 38.4 cm³/mol. The Balaban J connectivity index is 2.48. The zero-order valence-electron chi connectivity index (χ0n) is 6.34. The molecule has 1 N–H and O–H groups in total. The molecule has 1 aromatic carbocycles. The van der Waals surface area contributed by atoms with Crippen molar-refractivity contribution in [3.8, 4) is 11.5 Å². The van der Waals surface area contributed by atoms with Gasteiger partial charge in [-0.05, 0) is 19.1 Å². The highest BCUT2D eigenvalue weighted by atomic mass is 19.3. The Morgan fingerprint density at radius 3 is 2.83 bits per heavy atom. The number of para-hydroxylation sites is 1. The summed E-state index contributed by atoms with van der Waals surface area (Å²) in [6.07, 6.45) is -3.38. The van der Waals surface area contributed by atoms with Crippen LogP contribution in [0, 0.1) is 6.92 Å². The van der Waals surface area contributed by atoms with Gasteiger partial charge in [0, 0.05) is 5.56 Å². The minimum Gasteiger partial charge on any atom is -0.490 e. The molecule has 1 heterocycles. The summed E-state index contributed by atoms with van der Waals surface area (Å²) in [5.74, 6) is 0.405. The van der Waals surface area contributed by atoms with Crippen LogP contribution in [0.25, 0.3) is 0 Å². The first kappa shape index (κ1) is 7.34. The van der Waals surface area contributed by atoms with Crippen LogP contribution in [0.5, 0.6) is 11.5 Å². The lowest BCUT2D eigenvalue weighted by atomic mass is 10.2. The molecule has 0 saturated heterocycles. The number of halogens is 2. The van der Waals surface area contributed by atoms with Crippen LogP contribution in [0.1, 0.15) is 5.56 Å². The fraction of sp³-hybridized carbons (Fsp3) is 0.250. The van der Waals surface area contributed by atoms with Crippen LogP contribution < -0.4 is 4.74 Å². The third-order valence-electron chi connectivity index (χ3n) is 1.68. The second kappa shape index (κ2) is 2.09. The van der Waals surface area contributed by atoms with Crippen LogP contribution in [0.2, 0.25) is 0 Å². The molecule has 64 valence electrons. The van der Waals surface area contributed by atoms with Gasteiger partial charge in [0.15, 0.2) is 0 Å². The summed E-state index contributed by atoms with van der Waals surface area (Å²) in [6, 6.07) is 4.85. The lowest BCUT2D eigenvalue weighted by Gasteiger charge is -2.01. The van der Waals surface area contributed by atoms with Gasteiger partial charge in [-0.3, -0.25) is 0 Å². The smallest absolute Gasteiger partial charge is 0.490 e. The molecule has 0 radical (unpaired) electrons. The molecular weight excluding hydrogens is 166 g/mol. The number of alkyl halides is 2. The van der Waals surface area contributed by atoms with Crippen LogP contribution in [0.4, 0.5) is 8.78 Å². The third-order valence-corrected chi connectivity index (χ3v) is 1.68. The quantitative estimate of drug-likeness (QED) is 0.551. The number of hydrogen-bond donors (Lipinski definition) is 0. The van der Waals surface area contributed by atoms with Crippen molar-refractivity contribution in [2.45, 2.75) is 13.2 Å². The Labute approximate surface area is 67.7 Å². The van der Waals surface area contributed by atoms with E-state index in [1.165, 1.54) is 6.07 Å². The molecule has 12 heavy (non-hydrogen) atoms. The number of hydrogen-bond acceptors (Lipinski definition) is 1. The molecular formula is C8H7F2O2+. The average molecular weight is 173 g/mol. The molecule has 1 aliphatic rings. The monoisotopic (exact) mass is 173 g/mol. The van der Waals surface area contributed by atoms with Crippen LogP contribution in [-0.2, 0) is 0 Å². The molecule has 0 atom stereocenters. The summed E-state index contributed by atoms with van der Waals surface area (Å²) < 4.78 is 32.5. The van der Waals surface area contributed by atoms with Crippen molar-refractivity contribution in [1.82, 2.24) is 0 Å². The summed E-state index contributed by atoms with van der Waals surface area (Å²) in [5, 5.41) is 0. The topological polar surface area (TPSA) is 22.0 Å². The minimum absolute atomic E-state index is 0.153. The van der Waals surface area contributed by atoms with Gasteiger partial charge in [-0.1, -0.05) is 14.8 Å². The van der Waals surface area contributed by atoms with Crippen molar-refractivity contribution in [2.24, 2.45) is 0 Å². The van der Waals surface area contributed by atoms with Gasteiger partial charge < -0.3 is 9.47 Å². The first-order chi connectivity index (χ1) is 5.58.